The molecule has 0 radical (unpaired) electrons. The van der Waals surface area contributed by atoms with Gasteiger partial charge in [-0.2, -0.15) is 0 Å². The standard InChI is InChI=1S/C20H41N.C2H4O2/c1-3-4-5-6-7-8-9-10-11-12-13-14-17-21-18-15-16-20(2)19-21;1-2(3)4/h20H,3-19H2,1-2H3;1H3,(H,3,4). The predicted octanol–water partition coefficient (Wildman–Crippen LogP) is 6.51. The first-order chi connectivity index (χ1) is 12.1. The van der Waals surface area contributed by atoms with Crippen molar-refractivity contribution in [3.8, 4) is 0 Å². The minimum absolute atomic E-state index is 0.833. The smallest absolute Gasteiger partial charge is 0.300 e. The van der Waals surface area contributed by atoms with Crippen molar-refractivity contribution >= 4 is 5.97 Å². The second kappa shape index (κ2) is 18.2. The van der Waals surface area contributed by atoms with Crippen LogP contribution in [0.1, 0.15) is 111 Å². The van der Waals surface area contributed by atoms with E-state index in [-0.39, 0.29) is 0 Å². The van der Waals surface area contributed by atoms with Crippen LogP contribution in [0, 0.1) is 5.92 Å². The van der Waals surface area contributed by atoms with Gasteiger partial charge in [-0.15, -0.1) is 0 Å². The summed E-state index contributed by atoms with van der Waals surface area (Å²) in [5, 5.41) is 7.42. The molecule has 3 heteroatoms. The van der Waals surface area contributed by atoms with Gasteiger partial charge in [0, 0.05) is 13.5 Å². The van der Waals surface area contributed by atoms with Crippen molar-refractivity contribution in [3.05, 3.63) is 0 Å². The molecular weight excluding hydrogens is 310 g/mol. The first-order valence-corrected chi connectivity index (χ1v) is 11.0. The number of hydrogen-bond donors (Lipinski definition) is 1. The lowest BCUT2D eigenvalue weighted by Crippen LogP contribution is -2.34. The molecule has 0 aromatic carbocycles. The van der Waals surface area contributed by atoms with Crippen molar-refractivity contribution in [1.82, 2.24) is 4.90 Å². The van der Waals surface area contributed by atoms with Gasteiger partial charge in [-0.05, 0) is 38.3 Å². The zero-order valence-electron chi connectivity index (χ0n) is 17.4. The normalized spacial score (nSPS) is 17.8. The van der Waals surface area contributed by atoms with Gasteiger partial charge in [-0.3, -0.25) is 4.79 Å². The Kier molecular flexibility index (Phi) is 17.8. The molecule has 1 aliphatic heterocycles. The fraction of sp³-hybridized carbons (Fsp3) is 0.955. The molecule has 0 spiro atoms. The fourth-order valence-corrected chi connectivity index (χ4v) is 3.67. The molecule has 0 saturated carbocycles. The first-order valence-electron chi connectivity index (χ1n) is 11.0. The maximum atomic E-state index is 9.00. The van der Waals surface area contributed by atoms with Crippen molar-refractivity contribution < 1.29 is 9.90 Å². The Morgan fingerprint density at radius 1 is 0.920 bits per heavy atom. The number of carboxylic acid groups (broad SMARTS) is 1. The third-order valence-electron chi connectivity index (χ3n) is 5.07. The van der Waals surface area contributed by atoms with Crippen molar-refractivity contribution in [2.75, 3.05) is 19.6 Å². The van der Waals surface area contributed by atoms with E-state index in [2.05, 4.69) is 18.7 Å². The van der Waals surface area contributed by atoms with E-state index in [1.165, 1.54) is 110 Å². The number of carbonyl (C=O) groups is 1. The van der Waals surface area contributed by atoms with Crippen LogP contribution in [0.5, 0.6) is 0 Å². The van der Waals surface area contributed by atoms with Crippen LogP contribution in [0.3, 0.4) is 0 Å². The van der Waals surface area contributed by atoms with Gasteiger partial charge in [0.2, 0.25) is 0 Å². The molecule has 0 amide bonds. The molecule has 1 atom stereocenters. The van der Waals surface area contributed by atoms with E-state index >= 15 is 0 Å². The minimum Gasteiger partial charge on any atom is -0.481 e. The molecule has 1 unspecified atom stereocenters. The zero-order valence-corrected chi connectivity index (χ0v) is 17.4. The SMILES string of the molecule is CC(=O)O.CCCCCCCCCCCCCCN1CCCC(C)C1. The lowest BCUT2D eigenvalue weighted by atomic mass is 10.00. The Morgan fingerprint density at radius 2 is 1.36 bits per heavy atom. The maximum Gasteiger partial charge on any atom is 0.300 e. The lowest BCUT2D eigenvalue weighted by Gasteiger charge is -2.30. The summed E-state index contributed by atoms with van der Waals surface area (Å²) in [4.78, 5) is 11.7. The topological polar surface area (TPSA) is 40.5 Å². The van der Waals surface area contributed by atoms with Crippen LogP contribution in [-0.2, 0) is 4.79 Å². The van der Waals surface area contributed by atoms with E-state index in [4.69, 9.17) is 9.90 Å². The molecule has 25 heavy (non-hydrogen) atoms. The molecule has 1 saturated heterocycles. The Balaban J connectivity index is 0.00000129. The number of aliphatic carboxylic acids is 1. The monoisotopic (exact) mass is 355 g/mol. The molecule has 1 rings (SSSR count). The van der Waals surface area contributed by atoms with Crippen molar-refractivity contribution in [2.24, 2.45) is 5.92 Å². The van der Waals surface area contributed by atoms with E-state index in [1.54, 1.807) is 0 Å². The lowest BCUT2D eigenvalue weighted by molar-refractivity contribution is -0.134. The van der Waals surface area contributed by atoms with E-state index in [9.17, 15) is 0 Å². The van der Waals surface area contributed by atoms with Gasteiger partial charge in [0.15, 0.2) is 0 Å². The van der Waals surface area contributed by atoms with Gasteiger partial charge in [-0.1, -0.05) is 84.5 Å². The molecule has 0 bridgehead atoms. The second-order valence-corrected chi connectivity index (χ2v) is 7.96. The number of likely N-dealkylation sites (tertiary alicyclic amines) is 1. The van der Waals surface area contributed by atoms with E-state index in [0.717, 1.165) is 12.8 Å². The highest BCUT2D eigenvalue weighted by atomic mass is 16.4. The van der Waals surface area contributed by atoms with Gasteiger partial charge in [0.25, 0.3) is 5.97 Å². The molecule has 0 aromatic heterocycles. The fourth-order valence-electron chi connectivity index (χ4n) is 3.67. The quantitative estimate of drug-likeness (QED) is 0.383. The molecule has 1 aliphatic rings. The number of unbranched alkanes of at least 4 members (excludes halogenated alkanes) is 11. The number of carboxylic acids is 1. The highest BCUT2D eigenvalue weighted by molar-refractivity contribution is 5.62. The number of nitrogens with zero attached hydrogens (tertiary/aromatic N) is 1. The number of piperidine rings is 1. The number of hydrogen-bond acceptors (Lipinski definition) is 2. The summed E-state index contributed by atoms with van der Waals surface area (Å²) in [5.74, 6) is 0.107. The van der Waals surface area contributed by atoms with Crippen LogP contribution in [0.4, 0.5) is 0 Å². The summed E-state index contributed by atoms with van der Waals surface area (Å²) in [6.45, 7) is 9.88. The summed E-state index contributed by atoms with van der Waals surface area (Å²) in [7, 11) is 0. The van der Waals surface area contributed by atoms with Gasteiger partial charge in [-0.25, -0.2) is 0 Å². The molecule has 150 valence electrons. The summed E-state index contributed by atoms with van der Waals surface area (Å²) in [6.07, 6.45) is 20.4. The molecule has 1 heterocycles. The Bertz CT molecular complexity index is 290. The molecule has 0 aliphatic carbocycles. The second-order valence-electron chi connectivity index (χ2n) is 7.96. The highest BCUT2D eigenvalue weighted by Gasteiger charge is 2.14. The van der Waals surface area contributed by atoms with Crippen LogP contribution in [0.2, 0.25) is 0 Å². The maximum absolute atomic E-state index is 9.00. The zero-order chi connectivity index (χ0) is 18.8. The van der Waals surface area contributed by atoms with Crippen LogP contribution in [0.15, 0.2) is 0 Å². The summed E-state index contributed by atoms with van der Waals surface area (Å²) >= 11 is 0. The predicted molar refractivity (Wildman–Crippen MR) is 109 cm³/mol. The van der Waals surface area contributed by atoms with Gasteiger partial charge < -0.3 is 10.0 Å². The van der Waals surface area contributed by atoms with Gasteiger partial charge in [0.1, 0.15) is 0 Å². The average molecular weight is 356 g/mol. The highest BCUT2D eigenvalue weighted by Crippen LogP contribution is 2.16. The van der Waals surface area contributed by atoms with Crippen molar-refractivity contribution in [3.63, 3.8) is 0 Å². The van der Waals surface area contributed by atoms with Crippen molar-refractivity contribution in [1.29, 1.82) is 0 Å². The van der Waals surface area contributed by atoms with E-state index in [1.807, 2.05) is 0 Å². The number of rotatable bonds is 13. The van der Waals surface area contributed by atoms with Crippen LogP contribution in [-0.4, -0.2) is 35.6 Å². The Hall–Kier alpha value is -0.570. The first kappa shape index (κ1) is 24.4. The van der Waals surface area contributed by atoms with Gasteiger partial charge >= 0.3 is 0 Å². The molecule has 3 nitrogen and oxygen atoms in total. The third-order valence-corrected chi connectivity index (χ3v) is 5.07. The molecule has 1 N–H and O–H groups in total. The average Bonchev–Trinajstić information content (AvgIpc) is 2.55. The summed E-state index contributed by atoms with van der Waals surface area (Å²) < 4.78 is 0. The Labute approximate surface area is 157 Å². The summed E-state index contributed by atoms with van der Waals surface area (Å²) in [6, 6.07) is 0. The van der Waals surface area contributed by atoms with Crippen LogP contribution in [0.25, 0.3) is 0 Å². The summed E-state index contributed by atoms with van der Waals surface area (Å²) in [5.41, 5.74) is 0. The van der Waals surface area contributed by atoms with E-state index < -0.39 is 5.97 Å². The van der Waals surface area contributed by atoms with Crippen molar-refractivity contribution in [2.45, 2.75) is 111 Å². The van der Waals surface area contributed by atoms with Crippen LogP contribution >= 0.6 is 0 Å². The third kappa shape index (κ3) is 19.6. The minimum atomic E-state index is -0.833. The van der Waals surface area contributed by atoms with E-state index in [0.29, 0.717) is 0 Å². The molecular formula is C22H45NO2. The molecule has 0 aromatic rings. The Morgan fingerprint density at radius 3 is 1.80 bits per heavy atom. The van der Waals surface area contributed by atoms with Crippen LogP contribution < -0.4 is 0 Å². The van der Waals surface area contributed by atoms with Gasteiger partial charge in [0.05, 0.1) is 0 Å². The molecule has 1 fully saturated rings. The largest absolute Gasteiger partial charge is 0.481 e.